The van der Waals surface area contributed by atoms with Crippen LogP contribution in [0.5, 0.6) is 5.75 Å². The fourth-order valence-electron chi connectivity index (χ4n) is 3.71. The second kappa shape index (κ2) is 9.26. The van der Waals surface area contributed by atoms with E-state index in [-0.39, 0.29) is 18.0 Å². The molecule has 0 aliphatic carbocycles. The molecule has 4 rings (SSSR count). The van der Waals surface area contributed by atoms with E-state index in [0.29, 0.717) is 53.5 Å². The van der Waals surface area contributed by atoms with E-state index in [4.69, 9.17) is 27.9 Å². The van der Waals surface area contributed by atoms with Crippen LogP contribution in [0.1, 0.15) is 5.69 Å². The van der Waals surface area contributed by atoms with Gasteiger partial charge >= 0.3 is 0 Å². The zero-order valence-corrected chi connectivity index (χ0v) is 19.3. The number of rotatable bonds is 5. The molecule has 0 N–H and O–H groups in total. The van der Waals surface area contributed by atoms with Crippen LogP contribution in [0.4, 0.5) is 5.69 Å². The van der Waals surface area contributed by atoms with Gasteiger partial charge in [-0.2, -0.15) is 5.10 Å². The largest absolute Gasteiger partial charge is 0.495 e. The van der Waals surface area contributed by atoms with E-state index in [9.17, 15) is 9.59 Å². The van der Waals surface area contributed by atoms with Gasteiger partial charge < -0.3 is 14.5 Å². The van der Waals surface area contributed by atoms with Gasteiger partial charge in [-0.05, 0) is 25.1 Å². The summed E-state index contributed by atoms with van der Waals surface area (Å²) in [4.78, 5) is 29.1. The zero-order chi connectivity index (χ0) is 22.8. The summed E-state index contributed by atoms with van der Waals surface area (Å²) in [6.07, 6.45) is 1.60. The minimum absolute atomic E-state index is 0.0486. The number of hydrogen-bond acceptors (Lipinski definition) is 5. The molecule has 3 heterocycles. The molecule has 32 heavy (non-hydrogen) atoms. The zero-order valence-electron chi connectivity index (χ0n) is 17.8. The molecule has 0 unspecified atom stereocenters. The van der Waals surface area contributed by atoms with Crippen molar-refractivity contribution in [3.05, 3.63) is 68.7 Å². The van der Waals surface area contributed by atoms with E-state index in [1.54, 1.807) is 37.0 Å². The van der Waals surface area contributed by atoms with Gasteiger partial charge in [-0.1, -0.05) is 29.3 Å². The second-order valence-electron chi connectivity index (χ2n) is 7.48. The number of halogens is 2. The lowest BCUT2D eigenvalue weighted by Crippen LogP contribution is -2.49. The Morgan fingerprint density at radius 2 is 1.88 bits per heavy atom. The third-order valence-corrected chi connectivity index (χ3v) is 6.34. The van der Waals surface area contributed by atoms with Crippen molar-refractivity contribution in [1.29, 1.82) is 0 Å². The van der Waals surface area contributed by atoms with Crippen molar-refractivity contribution >= 4 is 34.8 Å². The first-order valence-corrected chi connectivity index (χ1v) is 10.9. The lowest BCUT2D eigenvalue weighted by Gasteiger charge is -2.36. The Kier molecular flexibility index (Phi) is 6.43. The van der Waals surface area contributed by atoms with Crippen molar-refractivity contribution in [3.63, 3.8) is 0 Å². The number of methoxy groups -OCH3 is 1. The first kappa shape index (κ1) is 22.2. The number of carbonyl (C=O) groups is 1. The van der Waals surface area contributed by atoms with E-state index >= 15 is 0 Å². The Morgan fingerprint density at radius 3 is 2.56 bits per heavy atom. The number of benzene rings is 1. The molecule has 168 valence electrons. The highest BCUT2D eigenvalue weighted by Gasteiger charge is 2.24. The Morgan fingerprint density at radius 1 is 1.12 bits per heavy atom. The third kappa shape index (κ3) is 4.33. The van der Waals surface area contributed by atoms with Crippen LogP contribution in [0.25, 0.3) is 5.82 Å². The normalized spacial score (nSPS) is 14.0. The van der Waals surface area contributed by atoms with Crippen LogP contribution in [0.3, 0.4) is 0 Å². The summed E-state index contributed by atoms with van der Waals surface area (Å²) in [5.41, 5.74) is 1.41. The maximum Gasteiger partial charge on any atom is 0.256 e. The smallest absolute Gasteiger partial charge is 0.256 e. The average molecular weight is 476 g/mol. The van der Waals surface area contributed by atoms with E-state index in [1.807, 2.05) is 23.1 Å². The molecule has 1 fully saturated rings. The minimum atomic E-state index is -0.236. The quantitative estimate of drug-likeness (QED) is 0.566. The highest BCUT2D eigenvalue weighted by Crippen LogP contribution is 2.30. The van der Waals surface area contributed by atoms with Crippen molar-refractivity contribution in [2.75, 3.05) is 38.2 Å². The fraction of sp³-hybridized carbons (Fsp3) is 0.318. The number of piperazine rings is 1. The van der Waals surface area contributed by atoms with Crippen LogP contribution in [-0.2, 0) is 11.3 Å². The molecule has 2 aromatic heterocycles. The van der Waals surface area contributed by atoms with Crippen molar-refractivity contribution in [3.8, 4) is 11.6 Å². The molecule has 0 atom stereocenters. The maximum absolute atomic E-state index is 12.9. The molecule has 1 aromatic carbocycles. The number of carbonyl (C=O) groups excluding carboxylic acids is 1. The van der Waals surface area contributed by atoms with Crippen molar-refractivity contribution < 1.29 is 9.53 Å². The fourth-order valence-corrected chi connectivity index (χ4v) is 4.13. The van der Waals surface area contributed by atoms with Crippen molar-refractivity contribution in [2.45, 2.75) is 13.5 Å². The number of nitrogens with zero attached hydrogens (tertiary/aromatic N) is 5. The van der Waals surface area contributed by atoms with Crippen LogP contribution < -0.4 is 15.2 Å². The SMILES string of the molecule is COc1cc(N2CCN(C(=O)Cn3nc(-n4ccccc4=O)c(Cl)c3C)CC2)ccc1Cl. The molecule has 0 bridgehead atoms. The first-order valence-electron chi connectivity index (χ1n) is 10.2. The Bertz CT molecular complexity index is 1200. The molecular weight excluding hydrogens is 453 g/mol. The van der Waals surface area contributed by atoms with Crippen LogP contribution in [0, 0.1) is 6.92 Å². The van der Waals surface area contributed by atoms with Crippen molar-refractivity contribution in [2.24, 2.45) is 0 Å². The molecule has 0 saturated carbocycles. The van der Waals surface area contributed by atoms with Gasteiger partial charge in [-0.3, -0.25) is 18.8 Å². The van der Waals surface area contributed by atoms with Gasteiger partial charge in [0.05, 0.1) is 17.8 Å². The Hall–Kier alpha value is -2.97. The van der Waals surface area contributed by atoms with Crippen molar-refractivity contribution in [1.82, 2.24) is 19.2 Å². The van der Waals surface area contributed by atoms with Gasteiger partial charge in [0, 0.05) is 50.2 Å². The Labute approximate surface area is 195 Å². The van der Waals surface area contributed by atoms with Gasteiger partial charge in [0.25, 0.3) is 5.56 Å². The average Bonchev–Trinajstić information content (AvgIpc) is 3.08. The summed E-state index contributed by atoms with van der Waals surface area (Å²) in [7, 11) is 1.59. The lowest BCUT2D eigenvalue weighted by molar-refractivity contribution is -0.132. The van der Waals surface area contributed by atoms with Gasteiger partial charge in [0.15, 0.2) is 5.82 Å². The molecule has 10 heteroatoms. The maximum atomic E-state index is 12.9. The van der Waals surface area contributed by atoms with Gasteiger partial charge in [0.1, 0.15) is 17.3 Å². The topological polar surface area (TPSA) is 72.6 Å². The lowest BCUT2D eigenvalue weighted by atomic mass is 10.2. The molecule has 1 aliphatic rings. The summed E-state index contributed by atoms with van der Waals surface area (Å²) in [6.45, 7) is 4.40. The van der Waals surface area contributed by atoms with Crippen LogP contribution >= 0.6 is 23.2 Å². The van der Waals surface area contributed by atoms with E-state index in [1.165, 1.54) is 10.6 Å². The van der Waals surface area contributed by atoms with Gasteiger partial charge in [0.2, 0.25) is 5.91 Å². The first-order chi connectivity index (χ1) is 15.4. The predicted molar refractivity (Wildman–Crippen MR) is 124 cm³/mol. The van der Waals surface area contributed by atoms with Gasteiger partial charge in [-0.15, -0.1) is 0 Å². The number of hydrogen-bond donors (Lipinski definition) is 0. The number of amides is 1. The molecule has 0 spiro atoms. The highest BCUT2D eigenvalue weighted by atomic mass is 35.5. The molecule has 8 nitrogen and oxygen atoms in total. The number of anilines is 1. The minimum Gasteiger partial charge on any atom is -0.495 e. The van der Waals surface area contributed by atoms with Crippen LogP contribution in [0.15, 0.2) is 47.4 Å². The third-order valence-electron chi connectivity index (χ3n) is 5.58. The summed E-state index contributed by atoms with van der Waals surface area (Å²) in [5.74, 6) is 0.902. The Balaban J connectivity index is 1.43. The second-order valence-corrected chi connectivity index (χ2v) is 8.26. The predicted octanol–water partition coefficient (Wildman–Crippen LogP) is 3.01. The van der Waals surface area contributed by atoms with Crippen LogP contribution in [-0.4, -0.2) is 58.4 Å². The highest BCUT2D eigenvalue weighted by molar-refractivity contribution is 6.33. The summed E-state index contributed by atoms with van der Waals surface area (Å²) >= 11 is 12.5. The molecule has 3 aromatic rings. The number of pyridine rings is 1. The van der Waals surface area contributed by atoms with Crippen LogP contribution in [0.2, 0.25) is 10.0 Å². The summed E-state index contributed by atoms with van der Waals surface area (Å²) < 4.78 is 8.22. The summed E-state index contributed by atoms with van der Waals surface area (Å²) in [5, 5.41) is 5.35. The number of ether oxygens (including phenoxy) is 1. The standard InChI is InChI=1S/C22H23Cl2N5O3/c1-15-21(24)22(28-8-4-3-5-19(28)30)25-29(15)14-20(31)27-11-9-26(10-12-27)16-6-7-17(23)18(13-16)32-2/h3-8,13H,9-12,14H2,1-2H3. The van der Waals surface area contributed by atoms with E-state index < -0.39 is 0 Å². The molecule has 1 aliphatic heterocycles. The monoisotopic (exact) mass is 475 g/mol. The van der Waals surface area contributed by atoms with E-state index in [0.717, 1.165) is 5.69 Å². The molecular formula is C22H23Cl2N5O3. The molecule has 0 radical (unpaired) electrons. The molecule has 1 amide bonds. The number of aromatic nitrogens is 3. The molecule has 1 saturated heterocycles. The summed E-state index contributed by atoms with van der Waals surface area (Å²) in [6, 6.07) is 10.5. The van der Waals surface area contributed by atoms with E-state index in [2.05, 4.69) is 10.00 Å². The van der Waals surface area contributed by atoms with Gasteiger partial charge in [-0.25, -0.2) is 0 Å².